The highest BCUT2D eigenvalue weighted by Gasteiger charge is 2.73. The molecule has 0 aromatic heterocycles. The number of allylic oxidation sites excluding steroid dienone is 6. The van der Waals surface area contributed by atoms with Crippen molar-refractivity contribution >= 4 is 6.71 Å². The molecule has 4 heterocycles. The molecule has 14 atom stereocenters. The van der Waals surface area contributed by atoms with Crippen molar-refractivity contribution in [1.29, 1.82) is 0 Å². The Morgan fingerprint density at radius 1 is 0.733 bits per heavy atom. The van der Waals surface area contributed by atoms with E-state index in [1.54, 1.807) is 22.5 Å². The minimum Gasteiger partial charge on any atom is -0.488 e. The van der Waals surface area contributed by atoms with Gasteiger partial charge in [-0.25, -0.2) is 0 Å². The van der Waals surface area contributed by atoms with Crippen molar-refractivity contribution in [3.05, 3.63) is 82.0 Å². The van der Waals surface area contributed by atoms with E-state index in [1.165, 1.54) is 159 Å². The van der Waals surface area contributed by atoms with E-state index in [-0.39, 0.29) is 22.5 Å². The molecule has 13 aliphatic rings. The van der Waals surface area contributed by atoms with E-state index in [0.717, 1.165) is 35.9 Å². The maximum absolute atomic E-state index is 7.49. The van der Waals surface area contributed by atoms with Crippen molar-refractivity contribution in [2.75, 3.05) is 0 Å². The van der Waals surface area contributed by atoms with E-state index >= 15 is 0 Å². The molecular formula is C70H106BN3O. The first-order chi connectivity index (χ1) is 35.7. The lowest BCUT2D eigenvalue weighted by Gasteiger charge is -2.64. The monoisotopic (exact) mass is 1020 g/mol. The molecular weight excluding hydrogens is 910 g/mol. The van der Waals surface area contributed by atoms with Gasteiger partial charge in [0.1, 0.15) is 11.9 Å². The van der Waals surface area contributed by atoms with Crippen molar-refractivity contribution in [1.82, 2.24) is 14.7 Å². The molecule has 0 N–H and O–H groups in total. The van der Waals surface area contributed by atoms with Crippen LogP contribution < -0.4 is 0 Å². The smallest absolute Gasteiger partial charge is 0.185 e. The summed E-state index contributed by atoms with van der Waals surface area (Å²) < 4.78 is 7.49. The van der Waals surface area contributed by atoms with Gasteiger partial charge in [-0.15, -0.1) is 0 Å². The quantitative estimate of drug-likeness (QED) is 0.202. The van der Waals surface area contributed by atoms with Gasteiger partial charge in [0.05, 0.1) is 6.04 Å². The molecule has 14 unspecified atom stereocenters. The molecule has 0 radical (unpaired) electrons. The molecule has 4 nitrogen and oxygen atoms in total. The van der Waals surface area contributed by atoms with Gasteiger partial charge in [0.15, 0.2) is 6.71 Å². The Balaban J connectivity index is 1.03. The number of ether oxygens (including phenoxy) is 1. The summed E-state index contributed by atoms with van der Waals surface area (Å²) in [5, 5.41) is 0. The predicted molar refractivity (Wildman–Crippen MR) is 315 cm³/mol. The summed E-state index contributed by atoms with van der Waals surface area (Å²) in [5.74, 6) is 8.12. The topological polar surface area (TPSA) is 19.0 Å². The van der Waals surface area contributed by atoms with Crippen LogP contribution in [-0.2, 0) is 4.74 Å². The fourth-order valence-electron chi connectivity index (χ4n) is 22.0. The minimum absolute atomic E-state index is 0.147. The number of hydrogen-bond donors (Lipinski definition) is 0. The lowest BCUT2D eigenvalue weighted by atomic mass is 9.21. The second-order valence-electron chi connectivity index (χ2n) is 32.3. The third-order valence-electron chi connectivity index (χ3n) is 25.4. The van der Waals surface area contributed by atoms with E-state index in [4.69, 9.17) is 4.74 Å². The molecule has 0 bridgehead atoms. The van der Waals surface area contributed by atoms with Crippen LogP contribution in [0.15, 0.2) is 82.0 Å². The van der Waals surface area contributed by atoms with E-state index in [0.29, 0.717) is 71.3 Å². The maximum Gasteiger partial charge on any atom is 0.185 e. The number of fused-ring (bicyclic) bond motifs is 7. The van der Waals surface area contributed by atoms with Gasteiger partial charge in [0.25, 0.3) is 0 Å². The molecule has 75 heavy (non-hydrogen) atoms. The zero-order valence-corrected chi connectivity index (χ0v) is 50.0. The Kier molecular flexibility index (Phi) is 13.1. The van der Waals surface area contributed by atoms with E-state index in [9.17, 15) is 0 Å². The highest BCUT2D eigenvalue weighted by molar-refractivity contribution is 6.71. The molecule has 4 saturated carbocycles. The van der Waals surface area contributed by atoms with Crippen LogP contribution in [0.3, 0.4) is 0 Å². The zero-order valence-electron chi connectivity index (χ0n) is 50.0. The van der Waals surface area contributed by atoms with Crippen molar-refractivity contribution in [2.45, 2.75) is 291 Å². The summed E-state index contributed by atoms with van der Waals surface area (Å²) in [6, 6.07) is 2.49. The van der Waals surface area contributed by atoms with E-state index < -0.39 is 0 Å². The number of nitrogens with zero attached hydrogens (tertiary/aromatic N) is 3. The fraction of sp³-hybridized carbons (Fsp3) is 0.800. The van der Waals surface area contributed by atoms with E-state index in [2.05, 4.69) is 140 Å². The minimum atomic E-state index is 0.147. The average molecular weight is 1020 g/mol. The summed E-state index contributed by atoms with van der Waals surface area (Å²) >= 11 is 0. The predicted octanol–water partition coefficient (Wildman–Crippen LogP) is 18.0. The van der Waals surface area contributed by atoms with Gasteiger partial charge in [-0.05, 0) is 196 Å². The lowest BCUT2D eigenvalue weighted by Crippen LogP contribution is -2.68. The summed E-state index contributed by atoms with van der Waals surface area (Å²) in [5.41, 5.74) is 11.6. The molecule has 4 aliphatic heterocycles. The van der Waals surface area contributed by atoms with Gasteiger partial charge in [-0.2, -0.15) is 0 Å². The molecule has 6 fully saturated rings. The molecule has 410 valence electrons. The number of hydrogen-bond acceptors (Lipinski definition) is 4. The van der Waals surface area contributed by atoms with Gasteiger partial charge < -0.3 is 14.5 Å². The summed E-state index contributed by atoms with van der Waals surface area (Å²) in [6.45, 7) is 31.7. The van der Waals surface area contributed by atoms with Gasteiger partial charge >= 0.3 is 0 Å². The molecule has 9 aliphatic carbocycles. The van der Waals surface area contributed by atoms with Crippen LogP contribution in [-0.4, -0.2) is 63.3 Å². The Morgan fingerprint density at radius 2 is 1.51 bits per heavy atom. The van der Waals surface area contributed by atoms with Crippen LogP contribution in [0.1, 0.15) is 237 Å². The van der Waals surface area contributed by atoms with E-state index in [1.807, 2.05) is 5.47 Å². The maximum atomic E-state index is 7.49. The molecule has 0 aromatic carbocycles. The second kappa shape index (κ2) is 18.9. The van der Waals surface area contributed by atoms with Crippen LogP contribution >= 0.6 is 0 Å². The van der Waals surface area contributed by atoms with Gasteiger partial charge in [0, 0.05) is 59.1 Å². The Bertz CT molecular complexity index is 2430. The van der Waals surface area contributed by atoms with Crippen LogP contribution in [0.5, 0.6) is 0 Å². The lowest BCUT2D eigenvalue weighted by molar-refractivity contribution is -0.00486. The Morgan fingerprint density at radius 3 is 2.21 bits per heavy atom. The van der Waals surface area contributed by atoms with Crippen LogP contribution in [0.2, 0.25) is 11.6 Å². The zero-order chi connectivity index (χ0) is 52.1. The highest BCUT2D eigenvalue weighted by Crippen LogP contribution is 2.72. The first kappa shape index (κ1) is 52.0. The van der Waals surface area contributed by atoms with Crippen molar-refractivity contribution in [3.63, 3.8) is 0 Å². The van der Waals surface area contributed by atoms with Crippen molar-refractivity contribution in [2.24, 2.45) is 63.1 Å². The molecule has 0 amide bonds. The first-order valence-electron chi connectivity index (χ1n) is 32.7. The first-order valence-corrected chi connectivity index (χ1v) is 32.7. The third kappa shape index (κ3) is 8.37. The molecule has 1 spiro atoms. The summed E-state index contributed by atoms with van der Waals surface area (Å²) in [7, 11) is 0. The standard InChI is InChI=1S/C70H106BN3O/c1-44-38-50(33-34-54(44)68(8,9)10)72(49-31-28-47(29-32-49)66(2,3)4)51-42-60-63-61(43-51)74-64-55(70(69(74,11)12)36-19-14-20-37-70)39-46(45-22-15-13-16-23-45)40-57(64)71(63)56-41-48(67(5,6)7)30-35-58(56)73(60)59-26-21-25-53-52-24-17-18-27-62(52)75-65(53)59/h18,27-28,30-32,42,44-47,50,52,54-59,61-62,64H,13-17,19-26,29,33-41,43H2,1-12H3. The second-order valence-corrected chi connectivity index (χ2v) is 32.3. The molecule has 13 rings (SSSR count). The normalized spacial score (nSPS) is 40.5. The Labute approximate surface area is 459 Å². The fourth-order valence-corrected chi connectivity index (χ4v) is 22.0. The Hall–Kier alpha value is -2.40. The summed E-state index contributed by atoms with van der Waals surface area (Å²) in [4.78, 5) is 9.75. The molecule has 5 heteroatoms. The SMILES string of the molecule is CC1CC(N(C2=CCC(C(C)(C)C)C=C2)C2=CC3=C4B(C5CC(C(C)(C)C)=CCC5N3C3CCCC5=C3OC3C=CCCC53)C3CC(C5CCCCC5)CC5C3N(C4C2)C(C)(C)C52CCCCC2)CCC1C(C)(C)C. The third-order valence-corrected chi connectivity index (χ3v) is 25.4. The van der Waals surface area contributed by atoms with Crippen LogP contribution in [0.4, 0.5) is 0 Å². The van der Waals surface area contributed by atoms with Gasteiger partial charge in [-0.1, -0.05) is 162 Å². The largest absolute Gasteiger partial charge is 0.488 e. The average Bonchev–Trinajstić information content (AvgIpc) is 3.97. The summed E-state index contributed by atoms with van der Waals surface area (Å²) in [6.07, 6.45) is 51.6. The molecule has 0 aromatic rings. The van der Waals surface area contributed by atoms with Crippen molar-refractivity contribution < 1.29 is 4.74 Å². The van der Waals surface area contributed by atoms with Crippen LogP contribution in [0.25, 0.3) is 0 Å². The highest BCUT2D eigenvalue weighted by atomic mass is 16.5. The molecule has 2 saturated heterocycles. The van der Waals surface area contributed by atoms with Crippen LogP contribution in [0, 0.1) is 63.1 Å². The van der Waals surface area contributed by atoms with Crippen molar-refractivity contribution in [3.8, 4) is 0 Å². The van der Waals surface area contributed by atoms with Gasteiger partial charge in [0.2, 0.25) is 0 Å². The number of rotatable bonds is 5. The van der Waals surface area contributed by atoms with Gasteiger partial charge in [-0.3, -0.25) is 4.90 Å².